The Kier molecular flexibility index (Phi) is 5.07. The summed E-state index contributed by atoms with van der Waals surface area (Å²) in [7, 11) is 1.74. The molecule has 0 aromatic heterocycles. The highest BCUT2D eigenvalue weighted by atomic mass is 79.9. The lowest BCUT2D eigenvalue weighted by atomic mass is 9.97. The summed E-state index contributed by atoms with van der Waals surface area (Å²) in [5, 5.41) is 3.57. The lowest BCUT2D eigenvalue weighted by Crippen LogP contribution is -2.20. The van der Waals surface area contributed by atoms with Crippen LogP contribution < -0.4 is 10.1 Å². The molecule has 3 heteroatoms. The molecule has 1 atom stereocenters. The minimum Gasteiger partial charge on any atom is -0.496 e. The molecule has 2 nitrogen and oxygen atoms in total. The van der Waals surface area contributed by atoms with Gasteiger partial charge in [-0.05, 0) is 61.9 Å². The normalized spacial score (nSPS) is 16.6. The first-order valence-corrected chi connectivity index (χ1v) is 7.54. The van der Waals surface area contributed by atoms with Crippen molar-refractivity contribution in [2.24, 2.45) is 5.92 Å². The van der Waals surface area contributed by atoms with E-state index in [2.05, 4.69) is 34.2 Å². The van der Waals surface area contributed by atoms with Crippen LogP contribution in [0.15, 0.2) is 22.7 Å². The summed E-state index contributed by atoms with van der Waals surface area (Å²) < 4.78 is 6.54. The zero-order valence-corrected chi connectivity index (χ0v) is 12.8. The fraction of sp³-hybridized carbons (Fsp3) is 0.600. The van der Waals surface area contributed by atoms with Crippen LogP contribution in [0.1, 0.15) is 31.7 Å². The average molecular weight is 312 g/mol. The number of benzene rings is 1. The van der Waals surface area contributed by atoms with Gasteiger partial charge in [0.15, 0.2) is 0 Å². The first-order valence-electron chi connectivity index (χ1n) is 6.75. The van der Waals surface area contributed by atoms with Crippen molar-refractivity contribution < 1.29 is 4.74 Å². The third kappa shape index (κ3) is 4.29. The van der Waals surface area contributed by atoms with Gasteiger partial charge in [0.05, 0.1) is 7.11 Å². The van der Waals surface area contributed by atoms with Crippen molar-refractivity contribution in [2.75, 3.05) is 13.7 Å². The summed E-state index contributed by atoms with van der Waals surface area (Å²) in [6.07, 6.45) is 5.04. The van der Waals surface area contributed by atoms with E-state index in [-0.39, 0.29) is 0 Å². The van der Waals surface area contributed by atoms with Gasteiger partial charge < -0.3 is 10.1 Å². The molecule has 0 aliphatic heterocycles. The predicted octanol–water partition coefficient (Wildman–Crippen LogP) is 3.78. The van der Waals surface area contributed by atoms with Crippen LogP contribution in [0.2, 0.25) is 0 Å². The Morgan fingerprint density at radius 3 is 2.89 bits per heavy atom. The van der Waals surface area contributed by atoms with Crippen molar-refractivity contribution in [3.8, 4) is 5.75 Å². The van der Waals surface area contributed by atoms with Gasteiger partial charge in [-0.3, -0.25) is 0 Å². The standard InChI is InChI=1S/C15H22BrNO/c1-11(7-8-17-14-4-5-14)9-12-10-13(16)3-6-15(12)18-2/h3,6,10-11,14,17H,4-5,7-9H2,1-2H3. The van der Waals surface area contributed by atoms with E-state index in [0.29, 0.717) is 5.92 Å². The molecule has 0 saturated heterocycles. The molecule has 1 N–H and O–H groups in total. The average Bonchev–Trinajstić information content (AvgIpc) is 3.13. The maximum atomic E-state index is 5.42. The monoisotopic (exact) mass is 311 g/mol. The lowest BCUT2D eigenvalue weighted by molar-refractivity contribution is 0.403. The largest absolute Gasteiger partial charge is 0.496 e. The van der Waals surface area contributed by atoms with E-state index in [0.717, 1.165) is 29.2 Å². The van der Waals surface area contributed by atoms with Crippen LogP contribution in [-0.4, -0.2) is 19.7 Å². The highest BCUT2D eigenvalue weighted by molar-refractivity contribution is 9.10. The first-order chi connectivity index (χ1) is 8.69. The minimum absolute atomic E-state index is 0.680. The molecular formula is C15H22BrNO. The highest BCUT2D eigenvalue weighted by Gasteiger charge is 2.20. The second-order valence-electron chi connectivity index (χ2n) is 5.28. The molecule has 1 fully saturated rings. The van der Waals surface area contributed by atoms with E-state index in [1.807, 2.05) is 12.1 Å². The van der Waals surface area contributed by atoms with Crippen molar-refractivity contribution in [2.45, 2.75) is 38.6 Å². The molecule has 2 rings (SSSR count). The second kappa shape index (κ2) is 6.58. The van der Waals surface area contributed by atoms with Crippen molar-refractivity contribution in [1.82, 2.24) is 5.32 Å². The molecule has 1 aliphatic rings. The minimum atomic E-state index is 0.680. The Bertz CT molecular complexity index is 390. The van der Waals surface area contributed by atoms with Crippen molar-refractivity contribution in [1.29, 1.82) is 0 Å². The molecule has 0 bridgehead atoms. The number of ether oxygens (including phenoxy) is 1. The highest BCUT2D eigenvalue weighted by Crippen LogP contribution is 2.26. The number of nitrogens with one attached hydrogen (secondary N) is 1. The zero-order valence-electron chi connectivity index (χ0n) is 11.2. The third-order valence-corrected chi connectivity index (χ3v) is 3.95. The third-order valence-electron chi connectivity index (χ3n) is 3.46. The van der Waals surface area contributed by atoms with Crippen molar-refractivity contribution in [3.05, 3.63) is 28.2 Å². The van der Waals surface area contributed by atoms with E-state index in [1.165, 1.54) is 24.8 Å². The van der Waals surface area contributed by atoms with Gasteiger partial charge in [0.1, 0.15) is 5.75 Å². The fourth-order valence-corrected chi connectivity index (χ4v) is 2.61. The van der Waals surface area contributed by atoms with Gasteiger partial charge in [-0.25, -0.2) is 0 Å². The van der Waals surface area contributed by atoms with Crippen LogP contribution >= 0.6 is 15.9 Å². The van der Waals surface area contributed by atoms with Crippen LogP contribution in [0.25, 0.3) is 0 Å². The summed E-state index contributed by atoms with van der Waals surface area (Å²) >= 11 is 3.53. The van der Waals surface area contributed by atoms with Gasteiger partial charge >= 0.3 is 0 Å². The molecule has 1 saturated carbocycles. The molecule has 0 spiro atoms. The summed E-state index contributed by atoms with van der Waals surface area (Å²) in [5.41, 5.74) is 1.30. The number of rotatable bonds is 7. The number of methoxy groups -OCH3 is 1. The Morgan fingerprint density at radius 1 is 1.44 bits per heavy atom. The van der Waals surface area contributed by atoms with Gasteiger partial charge in [-0.1, -0.05) is 22.9 Å². The predicted molar refractivity (Wildman–Crippen MR) is 79.2 cm³/mol. The topological polar surface area (TPSA) is 21.3 Å². The molecule has 1 unspecified atom stereocenters. The van der Waals surface area contributed by atoms with Gasteiger partial charge in [0.2, 0.25) is 0 Å². The zero-order chi connectivity index (χ0) is 13.0. The molecular weight excluding hydrogens is 290 g/mol. The van der Waals surface area contributed by atoms with Gasteiger partial charge in [0.25, 0.3) is 0 Å². The van der Waals surface area contributed by atoms with Crippen LogP contribution in [0.5, 0.6) is 5.75 Å². The fourth-order valence-electron chi connectivity index (χ4n) is 2.21. The maximum absolute atomic E-state index is 5.42. The Hall–Kier alpha value is -0.540. The van der Waals surface area contributed by atoms with E-state index in [9.17, 15) is 0 Å². The van der Waals surface area contributed by atoms with Gasteiger partial charge in [-0.15, -0.1) is 0 Å². The molecule has 100 valence electrons. The van der Waals surface area contributed by atoms with Crippen LogP contribution in [0, 0.1) is 5.92 Å². The second-order valence-corrected chi connectivity index (χ2v) is 6.20. The van der Waals surface area contributed by atoms with E-state index >= 15 is 0 Å². The Morgan fingerprint density at radius 2 is 2.22 bits per heavy atom. The van der Waals surface area contributed by atoms with E-state index < -0.39 is 0 Å². The molecule has 0 heterocycles. The Labute approximate surface area is 118 Å². The Balaban J connectivity index is 1.84. The number of halogens is 1. The summed E-state index contributed by atoms with van der Waals surface area (Å²) in [4.78, 5) is 0. The lowest BCUT2D eigenvalue weighted by Gasteiger charge is -2.15. The molecule has 0 amide bonds. The molecule has 0 radical (unpaired) electrons. The van der Waals surface area contributed by atoms with Crippen molar-refractivity contribution in [3.63, 3.8) is 0 Å². The summed E-state index contributed by atoms with van der Waals surface area (Å²) in [5.74, 6) is 1.68. The van der Waals surface area contributed by atoms with Gasteiger partial charge in [0, 0.05) is 10.5 Å². The quantitative estimate of drug-likeness (QED) is 0.827. The van der Waals surface area contributed by atoms with Gasteiger partial charge in [-0.2, -0.15) is 0 Å². The smallest absolute Gasteiger partial charge is 0.122 e. The molecule has 1 aliphatic carbocycles. The summed E-state index contributed by atoms with van der Waals surface area (Å²) in [6.45, 7) is 3.46. The molecule has 1 aromatic rings. The van der Waals surface area contributed by atoms with E-state index in [1.54, 1.807) is 7.11 Å². The van der Waals surface area contributed by atoms with Crippen molar-refractivity contribution >= 4 is 15.9 Å². The van der Waals surface area contributed by atoms with E-state index in [4.69, 9.17) is 4.74 Å². The maximum Gasteiger partial charge on any atom is 0.122 e. The first kappa shape index (κ1) is 13.9. The molecule has 1 aromatic carbocycles. The van der Waals surface area contributed by atoms with Crippen LogP contribution in [0.4, 0.5) is 0 Å². The van der Waals surface area contributed by atoms with Crippen LogP contribution in [-0.2, 0) is 6.42 Å². The molecule has 18 heavy (non-hydrogen) atoms. The number of hydrogen-bond acceptors (Lipinski definition) is 2. The SMILES string of the molecule is COc1ccc(Br)cc1CC(C)CCNC1CC1. The van der Waals surface area contributed by atoms with Crippen LogP contribution in [0.3, 0.4) is 0 Å². The number of hydrogen-bond donors (Lipinski definition) is 1. The summed E-state index contributed by atoms with van der Waals surface area (Å²) in [6, 6.07) is 7.05.